The zero-order chi connectivity index (χ0) is 11.7. The Morgan fingerprint density at radius 2 is 2.35 bits per heavy atom. The predicted octanol–water partition coefficient (Wildman–Crippen LogP) is 2.49. The lowest BCUT2D eigenvalue weighted by Gasteiger charge is -2.23. The fourth-order valence-electron chi connectivity index (χ4n) is 2.64. The summed E-state index contributed by atoms with van der Waals surface area (Å²) in [5.74, 6) is 0. The van der Waals surface area contributed by atoms with Crippen LogP contribution in [0.4, 0.5) is 0 Å². The number of fused-ring (bicyclic) bond motifs is 1. The number of nitrogens with one attached hydrogen (secondary N) is 1. The van der Waals surface area contributed by atoms with E-state index in [-0.39, 0.29) is 0 Å². The van der Waals surface area contributed by atoms with Crippen LogP contribution in [0.5, 0.6) is 0 Å². The highest BCUT2D eigenvalue weighted by Crippen LogP contribution is 2.16. The van der Waals surface area contributed by atoms with E-state index in [0.29, 0.717) is 6.04 Å². The molecule has 1 N–H and O–H groups in total. The Labute approximate surface area is 102 Å². The Bertz CT molecular complexity index is 509. The Morgan fingerprint density at radius 3 is 3.18 bits per heavy atom. The van der Waals surface area contributed by atoms with Gasteiger partial charge in [0, 0.05) is 12.6 Å². The third kappa shape index (κ3) is 2.20. The minimum Gasteiger partial charge on any atom is -0.329 e. The van der Waals surface area contributed by atoms with Crippen molar-refractivity contribution in [3.05, 3.63) is 30.1 Å². The lowest BCUT2D eigenvalue weighted by molar-refractivity contribution is 0.366. The third-order valence-electron chi connectivity index (χ3n) is 3.61. The van der Waals surface area contributed by atoms with E-state index in [2.05, 4.69) is 40.0 Å². The minimum absolute atomic E-state index is 0.613. The summed E-state index contributed by atoms with van der Waals surface area (Å²) in [6.07, 6.45) is 5.93. The van der Waals surface area contributed by atoms with Gasteiger partial charge in [0.2, 0.25) is 0 Å². The van der Waals surface area contributed by atoms with Gasteiger partial charge in [0.1, 0.15) is 0 Å². The molecule has 0 bridgehead atoms. The van der Waals surface area contributed by atoms with Crippen LogP contribution in [0.3, 0.4) is 0 Å². The highest BCUT2D eigenvalue weighted by atomic mass is 15.1. The van der Waals surface area contributed by atoms with Crippen LogP contribution >= 0.6 is 0 Å². The van der Waals surface area contributed by atoms with Gasteiger partial charge in [-0.25, -0.2) is 4.98 Å². The van der Waals surface area contributed by atoms with E-state index in [9.17, 15) is 0 Å². The van der Waals surface area contributed by atoms with E-state index in [1.807, 2.05) is 6.33 Å². The number of hydrogen-bond donors (Lipinski definition) is 1. The van der Waals surface area contributed by atoms with E-state index in [0.717, 1.165) is 18.6 Å². The Balaban J connectivity index is 1.84. The van der Waals surface area contributed by atoms with Crippen molar-refractivity contribution in [2.45, 2.75) is 38.8 Å². The average Bonchev–Trinajstić information content (AvgIpc) is 2.73. The molecule has 1 aliphatic rings. The Hall–Kier alpha value is -1.35. The molecule has 1 saturated heterocycles. The van der Waals surface area contributed by atoms with Crippen molar-refractivity contribution in [2.75, 3.05) is 6.54 Å². The Morgan fingerprint density at radius 1 is 1.41 bits per heavy atom. The topological polar surface area (TPSA) is 29.9 Å². The molecule has 0 saturated carbocycles. The van der Waals surface area contributed by atoms with E-state index in [1.54, 1.807) is 0 Å². The van der Waals surface area contributed by atoms with Crippen LogP contribution in [0.1, 0.15) is 24.8 Å². The smallest absolute Gasteiger partial charge is 0.0958 e. The number of piperidine rings is 1. The van der Waals surface area contributed by atoms with Crippen molar-refractivity contribution < 1.29 is 0 Å². The molecule has 3 heteroatoms. The number of nitrogens with zero attached hydrogens (tertiary/aromatic N) is 2. The summed E-state index contributed by atoms with van der Waals surface area (Å²) in [6, 6.07) is 7.11. The standard InChI is InChI=1S/C14H19N3/c1-11-5-6-14-13(8-11)16-10-17(14)9-12-4-2-3-7-15-12/h5-6,8,10,12,15H,2-4,7,9H2,1H3. The fraction of sp³-hybridized carbons (Fsp3) is 0.500. The molecule has 0 radical (unpaired) electrons. The lowest BCUT2D eigenvalue weighted by Crippen LogP contribution is -2.37. The predicted molar refractivity (Wildman–Crippen MR) is 70.1 cm³/mol. The Kier molecular flexibility index (Phi) is 2.85. The fourth-order valence-corrected chi connectivity index (χ4v) is 2.64. The first kappa shape index (κ1) is 10.8. The number of rotatable bonds is 2. The van der Waals surface area contributed by atoms with E-state index in [4.69, 9.17) is 0 Å². The molecule has 1 atom stereocenters. The normalized spacial score (nSPS) is 20.9. The molecule has 2 aromatic rings. The molecule has 3 nitrogen and oxygen atoms in total. The molecule has 0 aliphatic carbocycles. The number of hydrogen-bond acceptors (Lipinski definition) is 2. The first-order valence-corrected chi connectivity index (χ1v) is 6.48. The minimum atomic E-state index is 0.613. The van der Waals surface area contributed by atoms with Crippen LogP contribution in [0.15, 0.2) is 24.5 Å². The van der Waals surface area contributed by atoms with Gasteiger partial charge in [0.05, 0.1) is 17.4 Å². The van der Waals surface area contributed by atoms with Crippen molar-refractivity contribution in [3.8, 4) is 0 Å². The largest absolute Gasteiger partial charge is 0.329 e. The van der Waals surface area contributed by atoms with Crippen LogP contribution in [0, 0.1) is 6.92 Å². The molecule has 0 amide bonds. The quantitative estimate of drug-likeness (QED) is 0.857. The van der Waals surface area contributed by atoms with Gasteiger partial charge in [-0.2, -0.15) is 0 Å². The van der Waals surface area contributed by atoms with Gasteiger partial charge in [0.25, 0.3) is 0 Å². The number of imidazole rings is 1. The molecular weight excluding hydrogens is 210 g/mol. The summed E-state index contributed by atoms with van der Waals surface area (Å²) in [7, 11) is 0. The van der Waals surface area contributed by atoms with E-state index < -0.39 is 0 Å². The molecule has 2 heterocycles. The maximum Gasteiger partial charge on any atom is 0.0958 e. The maximum atomic E-state index is 4.48. The van der Waals surface area contributed by atoms with Crippen LogP contribution in [0.25, 0.3) is 11.0 Å². The second-order valence-corrected chi connectivity index (χ2v) is 5.04. The zero-order valence-electron chi connectivity index (χ0n) is 10.3. The molecule has 90 valence electrons. The molecule has 0 spiro atoms. The third-order valence-corrected chi connectivity index (χ3v) is 3.61. The molecule has 17 heavy (non-hydrogen) atoms. The van der Waals surface area contributed by atoms with Gasteiger partial charge in [-0.3, -0.25) is 0 Å². The maximum absolute atomic E-state index is 4.48. The molecule has 1 aliphatic heterocycles. The van der Waals surface area contributed by atoms with Gasteiger partial charge in [-0.15, -0.1) is 0 Å². The van der Waals surface area contributed by atoms with Gasteiger partial charge in [-0.1, -0.05) is 12.5 Å². The SMILES string of the molecule is Cc1ccc2c(c1)ncn2CC1CCCCN1. The molecule has 1 unspecified atom stereocenters. The average molecular weight is 229 g/mol. The first-order chi connectivity index (χ1) is 8.33. The van der Waals surface area contributed by atoms with Crippen LogP contribution in [0.2, 0.25) is 0 Å². The zero-order valence-corrected chi connectivity index (χ0v) is 10.3. The molecular formula is C14H19N3. The summed E-state index contributed by atoms with van der Waals surface area (Å²) in [6.45, 7) is 4.32. The van der Waals surface area contributed by atoms with Crippen LogP contribution in [-0.2, 0) is 6.54 Å². The van der Waals surface area contributed by atoms with Crippen molar-refractivity contribution in [1.82, 2.24) is 14.9 Å². The highest BCUT2D eigenvalue weighted by Gasteiger charge is 2.14. The molecule has 1 fully saturated rings. The van der Waals surface area contributed by atoms with Gasteiger partial charge in [0.15, 0.2) is 0 Å². The molecule has 3 rings (SSSR count). The van der Waals surface area contributed by atoms with Gasteiger partial charge < -0.3 is 9.88 Å². The summed E-state index contributed by atoms with van der Waals surface area (Å²) >= 11 is 0. The van der Waals surface area contributed by atoms with Crippen molar-refractivity contribution in [2.24, 2.45) is 0 Å². The summed E-state index contributed by atoms with van der Waals surface area (Å²) in [5, 5.41) is 3.58. The molecule has 1 aromatic carbocycles. The van der Waals surface area contributed by atoms with Crippen LogP contribution < -0.4 is 5.32 Å². The van der Waals surface area contributed by atoms with Gasteiger partial charge >= 0.3 is 0 Å². The number of aryl methyl sites for hydroxylation is 1. The number of aromatic nitrogens is 2. The summed E-state index contributed by atoms with van der Waals surface area (Å²) < 4.78 is 2.28. The lowest BCUT2D eigenvalue weighted by atomic mass is 10.1. The van der Waals surface area contributed by atoms with Gasteiger partial charge in [-0.05, 0) is 44.0 Å². The monoisotopic (exact) mass is 229 g/mol. The van der Waals surface area contributed by atoms with Crippen molar-refractivity contribution >= 4 is 11.0 Å². The van der Waals surface area contributed by atoms with Crippen LogP contribution in [-0.4, -0.2) is 22.1 Å². The number of benzene rings is 1. The second-order valence-electron chi connectivity index (χ2n) is 5.04. The summed E-state index contributed by atoms with van der Waals surface area (Å²) in [4.78, 5) is 4.48. The van der Waals surface area contributed by atoms with E-state index in [1.165, 1.54) is 30.3 Å². The first-order valence-electron chi connectivity index (χ1n) is 6.48. The summed E-state index contributed by atoms with van der Waals surface area (Å²) in [5.41, 5.74) is 3.64. The van der Waals surface area contributed by atoms with E-state index >= 15 is 0 Å². The van der Waals surface area contributed by atoms with Crippen molar-refractivity contribution in [1.29, 1.82) is 0 Å². The highest BCUT2D eigenvalue weighted by molar-refractivity contribution is 5.75. The molecule has 1 aromatic heterocycles. The second kappa shape index (κ2) is 4.49. The van der Waals surface area contributed by atoms with Crippen molar-refractivity contribution in [3.63, 3.8) is 0 Å².